The van der Waals surface area contributed by atoms with E-state index in [9.17, 15) is 18.8 Å². The maximum Gasteiger partial charge on any atom is 0.373 e. The lowest BCUT2D eigenvalue weighted by Crippen LogP contribution is -2.30. The largest absolute Gasteiger partial charge is 0.493 e. The summed E-state index contributed by atoms with van der Waals surface area (Å²) < 4.78 is 34.2. The predicted molar refractivity (Wildman–Crippen MR) is 126 cm³/mol. The van der Waals surface area contributed by atoms with Crippen LogP contribution in [0.15, 0.2) is 58.6 Å². The molecule has 36 heavy (non-hydrogen) atoms. The van der Waals surface area contributed by atoms with E-state index in [-0.39, 0.29) is 47.0 Å². The summed E-state index contributed by atoms with van der Waals surface area (Å²) in [6.07, 6.45) is 1.44. The Balaban J connectivity index is 1.50. The minimum atomic E-state index is -0.671. The number of nitrogens with zero attached hydrogens (tertiary/aromatic N) is 1. The Kier molecular flexibility index (Phi) is 7.25. The molecule has 0 saturated carbocycles. The van der Waals surface area contributed by atoms with Gasteiger partial charge in [-0.3, -0.25) is 9.69 Å². The SMILES string of the molecule is COC(=O)c1ccc(CN2C(=O)N/C(=C\c3cc(Cl)c(OCc4ccc(F)cc4)c(OC)c3)C2=O)o1. The molecule has 1 aromatic heterocycles. The fraction of sp³-hybridized carbons (Fsp3) is 0.160. The maximum absolute atomic E-state index is 13.1. The van der Waals surface area contributed by atoms with E-state index in [4.69, 9.17) is 25.5 Å². The van der Waals surface area contributed by atoms with Gasteiger partial charge < -0.3 is 23.9 Å². The Labute approximate surface area is 210 Å². The van der Waals surface area contributed by atoms with Gasteiger partial charge in [-0.1, -0.05) is 23.7 Å². The van der Waals surface area contributed by atoms with Gasteiger partial charge in [0.1, 0.15) is 23.9 Å². The van der Waals surface area contributed by atoms with Crippen LogP contribution >= 0.6 is 11.6 Å². The number of ether oxygens (including phenoxy) is 3. The standard InChI is InChI=1S/C25H20ClFN2O7/c1-33-21-11-15(9-18(26)22(21)35-13-14-3-5-16(27)6-4-14)10-19-23(30)29(25(32)28-19)12-17-7-8-20(36-17)24(31)34-2/h3-11H,12-13H2,1-2H3,(H,28,32)/b19-10-. The van der Waals surface area contributed by atoms with Crippen molar-refractivity contribution in [1.82, 2.24) is 10.2 Å². The summed E-state index contributed by atoms with van der Waals surface area (Å²) in [5.41, 5.74) is 1.22. The fourth-order valence-corrected chi connectivity index (χ4v) is 3.68. The van der Waals surface area contributed by atoms with Crippen LogP contribution in [-0.4, -0.2) is 37.0 Å². The normalized spacial score (nSPS) is 14.2. The van der Waals surface area contributed by atoms with Crippen molar-refractivity contribution in [2.45, 2.75) is 13.2 Å². The lowest BCUT2D eigenvalue weighted by atomic mass is 10.1. The smallest absolute Gasteiger partial charge is 0.373 e. The molecule has 0 atom stereocenters. The molecule has 1 N–H and O–H groups in total. The number of hydrogen-bond donors (Lipinski definition) is 1. The van der Waals surface area contributed by atoms with E-state index < -0.39 is 17.9 Å². The van der Waals surface area contributed by atoms with Crippen LogP contribution in [0.5, 0.6) is 11.5 Å². The summed E-state index contributed by atoms with van der Waals surface area (Å²) in [5, 5.41) is 2.72. The number of carbonyl (C=O) groups excluding carboxylic acids is 3. The molecule has 2 heterocycles. The molecule has 9 nitrogen and oxygen atoms in total. The third-order valence-electron chi connectivity index (χ3n) is 5.18. The Hall–Kier alpha value is -4.31. The van der Waals surface area contributed by atoms with Crippen molar-refractivity contribution in [1.29, 1.82) is 0 Å². The van der Waals surface area contributed by atoms with Crippen LogP contribution in [0.3, 0.4) is 0 Å². The summed E-state index contributed by atoms with van der Waals surface area (Å²) in [4.78, 5) is 37.7. The zero-order valence-electron chi connectivity index (χ0n) is 19.2. The molecule has 11 heteroatoms. The van der Waals surface area contributed by atoms with Crippen molar-refractivity contribution in [2.24, 2.45) is 0 Å². The molecule has 1 aliphatic rings. The van der Waals surface area contributed by atoms with E-state index in [2.05, 4.69) is 10.1 Å². The monoisotopic (exact) mass is 514 g/mol. The highest BCUT2D eigenvalue weighted by Crippen LogP contribution is 2.37. The second-order valence-electron chi connectivity index (χ2n) is 7.59. The first-order chi connectivity index (χ1) is 17.3. The second kappa shape index (κ2) is 10.5. The Bertz CT molecular complexity index is 1350. The number of methoxy groups -OCH3 is 2. The number of benzene rings is 2. The third-order valence-corrected chi connectivity index (χ3v) is 5.46. The number of rotatable bonds is 8. The summed E-state index contributed by atoms with van der Waals surface area (Å²) in [6.45, 7) is -0.0516. The second-order valence-corrected chi connectivity index (χ2v) is 7.99. The van der Waals surface area contributed by atoms with E-state index in [1.807, 2.05) is 0 Å². The maximum atomic E-state index is 13.1. The van der Waals surface area contributed by atoms with Crippen molar-refractivity contribution in [2.75, 3.05) is 14.2 Å². The Morgan fingerprint density at radius 2 is 1.89 bits per heavy atom. The third kappa shape index (κ3) is 5.33. The minimum Gasteiger partial charge on any atom is -0.493 e. The highest BCUT2D eigenvalue weighted by Gasteiger charge is 2.34. The number of hydrogen-bond acceptors (Lipinski definition) is 7. The van der Waals surface area contributed by atoms with E-state index in [1.165, 1.54) is 44.6 Å². The van der Waals surface area contributed by atoms with E-state index >= 15 is 0 Å². The molecule has 3 amide bonds. The summed E-state index contributed by atoms with van der Waals surface area (Å²) in [5.74, 6) is -0.859. The van der Waals surface area contributed by atoms with Gasteiger partial charge in [0, 0.05) is 0 Å². The van der Waals surface area contributed by atoms with Crippen LogP contribution in [0.25, 0.3) is 6.08 Å². The average molecular weight is 515 g/mol. The van der Waals surface area contributed by atoms with Gasteiger partial charge in [0.25, 0.3) is 5.91 Å². The summed E-state index contributed by atoms with van der Waals surface area (Å²) >= 11 is 6.40. The van der Waals surface area contributed by atoms with Crippen molar-refractivity contribution < 1.29 is 37.4 Å². The topological polar surface area (TPSA) is 107 Å². The summed E-state index contributed by atoms with van der Waals surface area (Å²) in [7, 11) is 2.65. The van der Waals surface area contributed by atoms with E-state index in [1.54, 1.807) is 24.3 Å². The molecule has 2 aromatic carbocycles. The highest BCUT2D eigenvalue weighted by atomic mass is 35.5. The molecule has 1 fully saturated rings. The quantitative estimate of drug-likeness (QED) is 0.267. The summed E-state index contributed by atoms with van der Waals surface area (Å²) in [6, 6.07) is 11.2. The lowest BCUT2D eigenvalue weighted by Gasteiger charge is -2.13. The van der Waals surface area contributed by atoms with Crippen molar-refractivity contribution in [3.05, 3.63) is 87.7 Å². The molecule has 4 rings (SSSR count). The number of amides is 3. The molecule has 1 aliphatic heterocycles. The van der Waals surface area contributed by atoms with Crippen LogP contribution < -0.4 is 14.8 Å². The molecular formula is C25H20ClFN2O7. The van der Waals surface area contributed by atoms with Crippen LogP contribution in [0.1, 0.15) is 27.4 Å². The minimum absolute atomic E-state index is 0.0119. The van der Waals surface area contributed by atoms with E-state index in [0.29, 0.717) is 11.3 Å². The first-order valence-corrected chi connectivity index (χ1v) is 10.9. The van der Waals surface area contributed by atoms with Gasteiger partial charge in [0.05, 0.1) is 25.8 Å². The van der Waals surface area contributed by atoms with Crippen LogP contribution in [0.4, 0.5) is 9.18 Å². The molecule has 0 spiro atoms. The van der Waals surface area contributed by atoms with Gasteiger partial charge in [-0.15, -0.1) is 0 Å². The number of furan rings is 1. The number of nitrogens with one attached hydrogen (secondary N) is 1. The zero-order valence-corrected chi connectivity index (χ0v) is 19.9. The van der Waals surface area contributed by atoms with Gasteiger partial charge in [-0.25, -0.2) is 14.0 Å². The Morgan fingerprint density at radius 3 is 2.58 bits per heavy atom. The average Bonchev–Trinajstić information content (AvgIpc) is 3.44. The molecule has 1 saturated heterocycles. The zero-order chi connectivity index (χ0) is 25.8. The van der Waals surface area contributed by atoms with Crippen molar-refractivity contribution in [3.8, 4) is 11.5 Å². The predicted octanol–water partition coefficient (Wildman–Crippen LogP) is 4.54. The molecule has 0 bridgehead atoms. The van der Waals surface area contributed by atoms with Crippen LogP contribution in [0.2, 0.25) is 5.02 Å². The molecule has 0 aliphatic carbocycles. The number of urea groups is 1. The lowest BCUT2D eigenvalue weighted by molar-refractivity contribution is -0.123. The number of imide groups is 1. The fourth-order valence-electron chi connectivity index (χ4n) is 3.41. The molecule has 0 unspecified atom stereocenters. The molecule has 3 aromatic rings. The Morgan fingerprint density at radius 1 is 1.14 bits per heavy atom. The van der Waals surface area contributed by atoms with Gasteiger partial charge >= 0.3 is 12.0 Å². The van der Waals surface area contributed by atoms with Crippen molar-refractivity contribution in [3.63, 3.8) is 0 Å². The van der Waals surface area contributed by atoms with Gasteiger partial charge in [0.2, 0.25) is 5.76 Å². The number of carbonyl (C=O) groups is 3. The van der Waals surface area contributed by atoms with Gasteiger partial charge in [0.15, 0.2) is 11.5 Å². The molecule has 0 radical (unpaired) electrons. The number of halogens is 2. The number of esters is 1. The first-order valence-electron chi connectivity index (χ1n) is 10.6. The van der Waals surface area contributed by atoms with E-state index in [0.717, 1.165) is 10.5 Å². The first kappa shape index (κ1) is 24.8. The van der Waals surface area contributed by atoms with Crippen molar-refractivity contribution >= 4 is 35.6 Å². The van der Waals surface area contributed by atoms with Gasteiger partial charge in [-0.2, -0.15) is 0 Å². The highest BCUT2D eigenvalue weighted by molar-refractivity contribution is 6.32. The molecule has 186 valence electrons. The van der Waals surface area contributed by atoms with Crippen LogP contribution in [-0.2, 0) is 22.7 Å². The molecular weight excluding hydrogens is 495 g/mol. The van der Waals surface area contributed by atoms with Crippen LogP contribution in [0, 0.1) is 5.82 Å². The van der Waals surface area contributed by atoms with Gasteiger partial charge in [-0.05, 0) is 53.6 Å².